The van der Waals surface area contributed by atoms with Crippen molar-refractivity contribution in [2.45, 2.75) is 56.8 Å². The van der Waals surface area contributed by atoms with Gasteiger partial charge in [-0.3, -0.25) is 14.4 Å². The van der Waals surface area contributed by atoms with Gasteiger partial charge in [-0.25, -0.2) is 4.79 Å². The zero-order valence-electron chi connectivity index (χ0n) is 17.0. The Morgan fingerprint density at radius 2 is 1.67 bits per heavy atom. The molecule has 0 aromatic rings. The summed E-state index contributed by atoms with van der Waals surface area (Å²) in [5.41, 5.74) is 0. The van der Waals surface area contributed by atoms with E-state index in [9.17, 15) is 34.5 Å². The molecule has 1 rings (SSSR count). The molecule has 170 valence electrons. The van der Waals surface area contributed by atoms with Gasteiger partial charge < -0.3 is 40.7 Å². The van der Waals surface area contributed by atoms with Crippen molar-refractivity contribution in [3.8, 4) is 0 Å². The molecule has 1 fully saturated rings. The fraction of sp³-hybridized carbons (Fsp3) is 0.667. The van der Waals surface area contributed by atoms with Gasteiger partial charge in [-0.2, -0.15) is 0 Å². The van der Waals surface area contributed by atoms with E-state index in [4.69, 9.17) is 4.74 Å². The lowest BCUT2D eigenvalue weighted by molar-refractivity contribution is -0.215. The number of rotatable bonds is 9. The summed E-state index contributed by atoms with van der Waals surface area (Å²) < 4.78 is 9.85. The minimum absolute atomic E-state index is 0.105. The number of esters is 1. The Morgan fingerprint density at radius 1 is 1.03 bits per heavy atom. The van der Waals surface area contributed by atoms with Gasteiger partial charge in [-0.1, -0.05) is 6.08 Å². The summed E-state index contributed by atoms with van der Waals surface area (Å²) in [6.07, 6.45) is -2.68. The highest BCUT2D eigenvalue weighted by Crippen LogP contribution is 2.23. The number of aliphatic hydroxyl groups excluding tert-OH is 3. The number of hydrogen-bond donors (Lipinski definition) is 6. The quantitative estimate of drug-likeness (QED) is 0.161. The second-order valence-electron chi connectivity index (χ2n) is 6.80. The maximum Gasteiger partial charge on any atom is 0.328 e. The molecule has 1 heterocycles. The molecule has 0 aliphatic carbocycles. The van der Waals surface area contributed by atoms with Crippen LogP contribution < -0.4 is 16.0 Å². The first-order valence-corrected chi connectivity index (χ1v) is 9.34. The molecule has 0 radical (unpaired) electrons. The number of amides is 3. The summed E-state index contributed by atoms with van der Waals surface area (Å²) in [5.74, 6) is -2.43. The van der Waals surface area contributed by atoms with Crippen molar-refractivity contribution in [3.63, 3.8) is 0 Å². The third-order valence-electron chi connectivity index (χ3n) is 4.39. The summed E-state index contributed by atoms with van der Waals surface area (Å²) in [6, 6.07) is -0.858. The van der Waals surface area contributed by atoms with Crippen LogP contribution in [0.25, 0.3) is 0 Å². The van der Waals surface area contributed by atoms with E-state index in [-0.39, 0.29) is 19.5 Å². The number of hydrogen-bond acceptors (Lipinski definition) is 9. The predicted octanol–water partition coefficient (Wildman–Crippen LogP) is -3.29. The van der Waals surface area contributed by atoms with E-state index in [0.717, 1.165) is 6.08 Å². The maximum absolute atomic E-state index is 11.7. The van der Waals surface area contributed by atoms with E-state index < -0.39 is 60.3 Å². The molecule has 1 saturated heterocycles. The Balaban J connectivity index is 2.29. The number of aliphatic hydroxyl groups is 3. The van der Waals surface area contributed by atoms with Crippen molar-refractivity contribution >= 4 is 23.7 Å². The highest BCUT2D eigenvalue weighted by molar-refractivity contribution is 5.92. The van der Waals surface area contributed by atoms with Crippen molar-refractivity contribution in [2.75, 3.05) is 20.2 Å². The number of ether oxygens (including phenoxy) is 2. The zero-order valence-corrected chi connectivity index (χ0v) is 17.0. The SMILES string of the molecule is COC(=O)[C@H](C)NC(=O)CNC(=O)CNC(=O)/C=C/C[C@@H]1O[C@@H](C)[C@@H](O)[C@@H](O)[C@@H]1O. The van der Waals surface area contributed by atoms with Gasteiger partial charge in [-0.15, -0.1) is 0 Å². The monoisotopic (exact) mass is 431 g/mol. The largest absolute Gasteiger partial charge is 0.467 e. The van der Waals surface area contributed by atoms with Gasteiger partial charge >= 0.3 is 5.97 Å². The number of nitrogens with one attached hydrogen (secondary N) is 3. The van der Waals surface area contributed by atoms with Gasteiger partial charge in [0.25, 0.3) is 0 Å². The summed E-state index contributed by atoms with van der Waals surface area (Å²) in [4.78, 5) is 46.2. The smallest absolute Gasteiger partial charge is 0.328 e. The average molecular weight is 431 g/mol. The number of carbonyl (C=O) groups excluding carboxylic acids is 4. The molecule has 0 aromatic carbocycles. The van der Waals surface area contributed by atoms with Gasteiger partial charge in [0.1, 0.15) is 24.4 Å². The van der Waals surface area contributed by atoms with Crippen molar-refractivity contribution in [2.24, 2.45) is 0 Å². The fourth-order valence-electron chi connectivity index (χ4n) is 2.64. The highest BCUT2D eigenvalue weighted by atomic mass is 16.5. The molecule has 1 aliphatic rings. The van der Waals surface area contributed by atoms with E-state index in [2.05, 4.69) is 20.7 Å². The average Bonchev–Trinajstić information content (AvgIpc) is 2.71. The predicted molar refractivity (Wildman–Crippen MR) is 102 cm³/mol. The standard InChI is InChI=1S/C18H29N3O9/c1-9(18(28)29-3)21-14(24)8-20-13(23)7-19-12(22)6-4-5-11-16(26)17(27)15(25)10(2)30-11/h4,6,9-11,15-17,25-27H,5,7-8H2,1-3H3,(H,19,22)(H,20,23)(H,21,24)/b6-4+/t9-,10-,11-,15+,16+,17+/m0/s1. The van der Waals surface area contributed by atoms with E-state index in [1.54, 1.807) is 6.92 Å². The molecular weight excluding hydrogens is 402 g/mol. The van der Waals surface area contributed by atoms with Crippen LogP contribution in [0.4, 0.5) is 0 Å². The molecule has 0 spiro atoms. The van der Waals surface area contributed by atoms with Crippen molar-refractivity contribution in [3.05, 3.63) is 12.2 Å². The normalized spacial score (nSPS) is 27.2. The van der Waals surface area contributed by atoms with Crippen LogP contribution in [0.15, 0.2) is 12.2 Å². The lowest BCUT2D eigenvalue weighted by Gasteiger charge is -2.39. The van der Waals surface area contributed by atoms with Crippen LogP contribution in [-0.4, -0.2) is 95.8 Å². The molecule has 1 aliphatic heterocycles. The van der Waals surface area contributed by atoms with Crippen LogP contribution in [0.3, 0.4) is 0 Å². The molecule has 3 amide bonds. The lowest BCUT2D eigenvalue weighted by atomic mass is 9.94. The van der Waals surface area contributed by atoms with Gasteiger partial charge in [-0.05, 0) is 26.3 Å². The molecule has 0 bridgehead atoms. The van der Waals surface area contributed by atoms with Gasteiger partial charge in [0.15, 0.2) is 0 Å². The minimum atomic E-state index is -1.35. The fourth-order valence-corrected chi connectivity index (χ4v) is 2.64. The molecule has 0 unspecified atom stereocenters. The maximum atomic E-state index is 11.7. The number of methoxy groups -OCH3 is 1. The lowest BCUT2D eigenvalue weighted by Crippen LogP contribution is -2.56. The molecule has 30 heavy (non-hydrogen) atoms. The molecule has 12 heteroatoms. The van der Waals surface area contributed by atoms with Crippen LogP contribution in [0.2, 0.25) is 0 Å². The van der Waals surface area contributed by atoms with Crippen LogP contribution in [0.5, 0.6) is 0 Å². The Morgan fingerprint density at radius 3 is 2.30 bits per heavy atom. The van der Waals surface area contributed by atoms with Gasteiger partial charge in [0.05, 0.1) is 32.4 Å². The topological polar surface area (TPSA) is 184 Å². The third kappa shape index (κ3) is 8.06. The molecule has 0 saturated carbocycles. The van der Waals surface area contributed by atoms with E-state index in [1.807, 2.05) is 0 Å². The number of carbonyl (C=O) groups is 4. The Hall–Kier alpha value is -2.54. The minimum Gasteiger partial charge on any atom is -0.467 e. The Labute approximate surface area is 173 Å². The second kappa shape index (κ2) is 12.2. The highest BCUT2D eigenvalue weighted by Gasteiger charge is 2.40. The van der Waals surface area contributed by atoms with Gasteiger partial charge in [0.2, 0.25) is 17.7 Å². The first-order valence-electron chi connectivity index (χ1n) is 9.34. The Bertz CT molecular complexity index is 655. The van der Waals surface area contributed by atoms with Crippen molar-refractivity contribution in [1.82, 2.24) is 16.0 Å². The molecule has 6 atom stereocenters. The Kier molecular flexibility index (Phi) is 10.4. The summed E-state index contributed by atoms with van der Waals surface area (Å²) in [7, 11) is 1.18. The third-order valence-corrected chi connectivity index (χ3v) is 4.39. The van der Waals surface area contributed by atoms with Gasteiger partial charge in [0, 0.05) is 0 Å². The zero-order chi connectivity index (χ0) is 22.8. The van der Waals surface area contributed by atoms with Crippen LogP contribution in [-0.2, 0) is 28.7 Å². The van der Waals surface area contributed by atoms with E-state index >= 15 is 0 Å². The molecule has 0 aromatic heterocycles. The van der Waals surface area contributed by atoms with Crippen molar-refractivity contribution < 1.29 is 44.0 Å². The summed E-state index contributed by atoms with van der Waals surface area (Å²) in [6.45, 7) is 2.22. The first-order chi connectivity index (χ1) is 14.1. The van der Waals surface area contributed by atoms with Crippen LogP contribution >= 0.6 is 0 Å². The molecule has 12 nitrogen and oxygen atoms in total. The van der Waals surface area contributed by atoms with Crippen LogP contribution in [0.1, 0.15) is 20.3 Å². The van der Waals surface area contributed by atoms with E-state index in [1.165, 1.54) is 20.1 Å². The molecular formula is C18H29N3O9. The first kappa shape index (κ1) is 25.5. The summed E-state index contributed by atoms with van der Waals surface area (Å²) >= 11 is 0. The second-order valence-corrected chi connectivity index (χ2v) is 6.80. The summed E-state index contributed by atoms with van der Waals surface area (Å²) in [5, 5.41) is 36.2. The van der Waals surface area contributed by atoms with Crippen LogP contribution in [0, 0.1) is 0 Å². The van der Waals surface area contributed by atoms with E-state index in [0.29, 0.717) is 0 Å². The molecule has 6 N–H and O–H groups in total. The van der Waals surface area contributed by atoms with Crippen molar-refractivity contribution in [1.29, 1.82) is 0 Å².